The van der Waals surface area contributed by atoms with Gasteiger partial charge in [-0.1, -0.05) is 28.4 Å². The molecule has 2 aromatic rings. The summed E-state index contributed by atoms with van der Waals surface area (Å²) >= 11 is 12.9. The minimum absolute atomic E-state index is 0.442. The minimum atomic E-state index is -0.711. The van der Waals surface area contributed by atoms with E-state index in [0.29, 0.717) is 23.1 Å². The molecule has 0 radical (unpaired) electrons. The van der Waals surface area contributed by atoms with Crippen molar-refractivity contribution in [2.75, 3.05) is 11.9 Å². The van der Waals surface area contributed by atoms with Crippen LogP contribution in [0.25, 0.3) is 0 Å². The van der Waals surface area contributed by atoms with Crippen LogP contribution in [0.5, 0.6) is 5.75 Å². The highest BCUT2D eigenvalue weighted by atomic mass is 35.5. The highest BCUT2D eigenvalue weighted by Crippen LogP contribution is 2.40. The fourth-order valence-electron chi connectivity index (χ4n) is 2.93. The molecule has 0 fully saturated rings. The zero-order valence-electron chi connectivity index (χ0n) is 16.8. The molecule has 0 atom stereocenters. The molecule has 0 unspecified atom stereocenters. The Bertz CT molecular complexity index is 966. The van der Waals surface area contributed by atoms with Gasteiger partial charge in [-0.25, -0.2) is 4.79 Å². The van der Waals surface area contributed by atoms with Crippen molar-refractivity contribution in [3.63, 3.8) is 0 Å². The minimum Gasteiger partial charge on any atom is -0.494 e. The topological polar surface area (TPSA) is 69.2 Å². The summed E-state index contributed by atoms with van der Waals surface area (Å²) < 4.78 is 16.4. The Balaban J connectivity index is 1.43. The molecule has 0 bridgehead atoms. The summed E-state index contributed by atoms with van der Waals surface area (Å²) in [4.78, 5) is 12.5. The van der Waals surface area contributed by atoms with Crippen molar-refractivity contribution in [3.05, 3.63) is 51.5 Å². The van der Waals surface area contributed by atoms with E-state index in [4.69, 9.17) is 37.0 Å². The second kappa shape index (κ2) is 9.81. The normalized spacial score (nSPS) is 14.8. The number of hydrogen-bond donors (Lipinski definition) is 1. The SMILES string of the molecule is Cc1cc(OCCCC=NOSc2ccc(Cl)c(Cl)c2)cc2c1NC(=O)OC2(C)C. The maximum atomic E-state index is 11.7. The van der Waals surface area contributed by atoms with Crippen LogP contribution in [-0.2, 0) is 14.6 Å². The average Bonchev–Trinajstić information content (AvgIpc) is 2.67. The number of fused-ring (bicyclic) bond motifs is 1. The van der Waals surface area contributed by atoms with Gasteiger partial charge in [-0.15, -0.1) is 0 Å². The van der Waals surface area contributed by atoms with E-state index >= 15 is 0 Å². The van der Waals surface area contributed by atoms with Gasteiger partial charge in [-0.2, -0.15) is 0 Å². The van der Waals surface area contributed by atoms with Crippen LogP contribution >= 0.6 is 35.2 Å². The first-order chi connectivity index (χ1) is 14.3. The molecule has 1 amide bonds. The molecule has 2 aromatic carbocycles. The van der Waals surface area contributed by atoms with E-state index < -0.39 is 11.7 Å². The maximum absolute atomic E-state index is 11.7. The number of cyclic esters (lactones) is 1. The van der Waals surface area contributed by atoms with Crippen LogP contribution in [0.3, 0.4) is 0 Å². The predicted molar refractivity (Wildman–Crippen MR) is 121 cm³/mol. The van der Waals surface area contributed by atoms with Gasteiger partial charge < -0.3 is 13.8 Å². The summed E-state index contributed by atoms with van der Waals surface area (Å²) in [5.41, 5.74) is 1.90. The van der Waals surface area contributed by atoms with Crippen molar-refractivity contribution >= 4 is 53.2 Å². The first kappa shape index (κ1) is 22.6. The van der Waals surface area contributed by atoms with Gasteiger partial charge >= 0.3 is 6.09 Å². The van der Waals surface area contributed by atoms with Gasteiger partial charge in [0.1, 0.15) is 23.4 Å². The first-order valence-corrected chi connectivity index (χ1v) is 10.8. The summed E-state index contributed by atoms with van der Waals surface area (Å²) in [7, 11) is 0. The van der Waals surface area contributed by atoms with E-state index in [2.05, 4.69) is 10.5 Å². The molecule has 1 heterocycles. The van der Waals surface area contributed by atoms with Gasteiger partial charge in [0.2, 0.25) is 0 Å². The number of benzene rings is 2. The van der Waals surface area contributed by atoms with Gasteiger partial charge in [-0.3, -0.25) is 5.32 Å². The number of rotatable bonds is 8. The number of aryl methyl sites for hydroxylation is 1. The fourth-order valence-corrected chi connectivity index (χ4v) is 3.78. The monoisotopic (exact) mass is 468 g/mol. The van der Waals surface area contributed by atoms with Gasteiger partial charge in [0.25, 0.3) is 0 Å². The Kier molecular flexibility index (Phi) is 7.39. The van der Waals surface area contributed by atoms with Crippen molar-refractivity contribution < 1.29 is 18.6 Å². The molecular weight excluding hydrogens is 447 g/mol. The third-order valence-corrected chi connectivity index (χ3v) is 5.77. The van der Waals surface area contributed by atoms with Crippen LogP contribution in [0.4, 0.5) is 10.5 Å². The highest BCUT2D eigenvalue weighted by molar-refractivity contribution is 7.94. The number of carbonyl (C=O) groups is 1. The van der Waals surface area contributed by atoms with Crippen molar-refractivity contribution in [3.8, 4) is 5.75 Å². The molecule has 1 aliphatic heterocycles. The van der Waals surface area contributed by atoms with E-state index in [-0.39, 0.29) is 0 Å². The number of nitrogens with one attached hydrogen (secondary N) is 1. The van der Waals surface area contributed by atoms with Crippen molar-refractivity contribution in [2.45, 2.75) is 44.1 Å². The quantitative estimate of drug-likeness (QED) is 0.196. The Morgan fingerprint density at radius 3 is 2.80 bits per heavy atom. The summed E-state index contributed by atoms with van der Waals surface area (Å²) in [6.07, 6.45) is 2.73. The molecule has 1 N–H and O–H groups in total. The average molecular weight is 469 g/mol. The Hall–Kier alpha value is -2.09. The maximum Gasteiger partial charge on any atom is 0.412 e. The summed E-state index contributed by atoms with van der Waals surface area (Å²) in [5, 5.41) is 7.64. The number of oxime groups is 1. The van der Waals surface area contributed by atoms with Crippen molar-refractivity contribution in [1.82, 2.24) is 0 Å². The number of ether oxygens (including phenoxy) is 2. The van der Waals surface area contributed by atoms with E-state index in [1.807, 2.05) is 32.9 Å². The lowest BCUT2D eigenvalue weighted by atomic mass is 9.92. The van der Waals surface area contributed by atoms with E-state index in [1.54, 1.807) is 24.4 Å². The molecular formula is C21H22Cl2N2O4S. The lowest BCUT2D eigenvalue weighted by Gasteiger charge is -2.33. The van der Waals surface area contributed by atoms with E-state index in [9.17, 15) is 4.79 Å². The van der Waals surface area contributed by atoms with Gasteiger partial charge in [0, 0.05) is 11.8 Å². The second-order valence-electron chi connectivity index (χ2n) is 7.20. The van der Waals surface area contributed by atoms with Crippen molar-refractivity contribution in [2.24, 2.45) is 5.16 Å². The lowest BCUT2D eigenvalue weighted by molar-refractivity contribution is 0.0417. The Morgan fingerprint density at radius 1 is 1.23 bits per heavy atom. The molecule has 0 saturated heterocycles. The molecule has 0 aliphatic carbocycles. The van der Waals surface area contributed by atoms with Crippen LogP contribution < -0.4 is 10.1 Å². The number of unbranched alkanes of at least 4 members (excludes halogenated alkanes) is 1. The Labute approximate surface area is 190 Å². The van der Waals surface area contributed by atoms with Crippen LogP contribution in [0, 0.1) is 6.92 Å². The molecule has 160 valence electrons. The fraction of sp³-hybridized carbons (Fsp3) is 0.333. The number of amides is 1. The number of halogens is 2. The zero-order chi connectivity index (χ0) is 21.7. The van der Waals surface area contributed by atoms with Crippen LogP contribution in [0.15, 0.2) is 40.4 Å². The smallest absolute Gasteiger partial charge is 0.412 e. The van der Waals surface area contributed by atoms with Gasteiger partial charge in [0.15, 0.2) is 0 Å². The molecule has 6 nitrogen and oxygen atoms in total. The lowest BCUT2D eigenvalue weighted by Crippen LogP contribution is -2.35. The third-order valence-electron chi connectivity index (χ3n) is 4.42. The first-order valence-electron chi connectivity index (χ1n) is 9.35. The molecule has 9 heteroatoms. The van der Waals surface area contributed by atoms with Crippen LogP contribution in [-0.4, -0.2) is 18.9 Å². The number of anilines is 1. The third kappa shape index (κ3) is 5.74. The molecule has 30 heavy (non-hydrogen) atoms. The van der Waals surface area contributed by atoms with Gasteiger partial charge in [-0.05, 0) is 69.5 Å². The molecule has 1 aliphatic rings. The number of nitrogens with zero attached hydrogens (tertiary/aromatic N) is 1. The number of hydrogen-bond acceptors (Lipinski definition) is 6. The standard InChI is InChI=1S/C21H22Cl2N2O4S/c1-13-10-14(11-16-19(13)25-20(26)28-21(16,2)3)27-9-5-4-8-24-29-30-15-6-7-17(22)18(23)12-15/h6-8,10-12H,4-5,9H2,1-3H3,(H,25,26). The second-order valence-corrected chi connectivity index (χ2v) is 8.80. The summed E-state index contributed by atoms with van der Waals surface area (Å²) in [6, 6.07) is 9.05. The van der Waals surface area contributed by atoms with E-state index in [0.717, 1.165) is 45.9 Å². The highest BCUT2D eigenvalue weighted by Gasteiger charge is 2.34. The number of carbonyl (C=O) groups excluding carboxylic acids is 1. The molecule has 0 spiro atoms. The summed E-state index contributed by atoms with van der Waals surface area (Å²) in [6.45, 7) is 6.18. The Morgan fingerprint density at radius 2 is 2.03 bits per heavy atom. The van der Waals surface area contributed by atoms with E-state index in [1.165, 1.54) is 0 Å². The van der Waals surface area contributed by atoms with Crippen LogP contribution in [0.2, 0.25) is 10.0 Å². The van der Waals surface area contributed by atoms with Gasteiger partial charge in [0.05, 0.1) is 27.2 Å². The largest absolute Gasteiger partial charge is 0.494 e. The van der Waals surface area contributed by atoms with Crippen molar-refractivity contribution in [1.29, 1.82) is 0 Å². The molecule has 3 rings (SSSR count). The zero-order valence-corrected chi connectivity index (χ0v) is 19.2. The van der Waals surface area contributed by atoms with Crippen LogP contribution in [0.1, 0.15) is 37.8 Å². The summed E-state index contributed by atoms with van der Waals surface area (Å²) in [5.74, 6) is 0.738. The predicted octanol–water partition coefficient (Wildman–Crippen LogP) is 6.97. The molecule has 0 saturated carbocycles. The molecule has 0 aromatic heterocycles.